The normalized spacial score (nSPS) is 29.3. The number of carbonyl (C=O) groups excluding carboxylic acids is 1. The molecule has 124 valence electrons. The van der Waals surface area contributed by atoms with Crippen molar-refractivity contribution in [1.82, 2.24) is 9.97 Å². The molecule has 2 atom stereocenters. The van der Waals surface area contributed by atoms with Crippen LogP contribution in [0.1, 0.15) is 43.1 Å². The van der Waals surface area contributed by atoms with E-state index in [0.717, 1.165) is 25.7 Å². The second kappa shape index (κ2) is 6.14. The smallest absolute Gasteiger partial charge is 0.308 e. The molecule has 1 aromatic heterocycles. The number of aromatic nitrogens is 2. The first-order valence-corrected chi connectivity index (χ1v) is 8.41. The van der Waals surface area contributed by atoms with Crippen molar-refractivity contribution in [3.8, 4) is 0 Å². The SMILES string of the molecule is CC(=O)c1nc(Br)nc(NC2C3CCC(CC3)C2C(=O)O)c1F. The van der Waals surface area contributed by atoms with Gasteiger partial charge in [-0.15, -0.1) is 0 Å². The number of Topliss-reactive ketones (excluding diaryl/α,β-unsaturated/α-hetero) is 1. The number of carboxylic acids is 1. The van der Waals surface area contributed by atoms with Gasteiger partial charge >= 0.3 is 5.97 Å². The van der Waals surface area contributed by atoms with E-state index >= 15 is 0 Å². The van der Waals surface area contributed by atoms with Gasteiger partial charge in [0.05, 0.1) is 5.92 Å². The monoisotopic (exact) mass is 385 g/mol. The maximum absolute atomic E-state index is 14.5. The maximum atomic E-state index is 14.5. The molecular weight excluding hydrogens is 369 g/mol. The molecule has 0 saturated heterocycles. The van der Waals surface area contributed by atoms with Gasteiger partial charge in [0.1, 0.15) is 5.69 Å². The fraction of sp³-hybridized carbons (Fsp3) is 0.600. The lowest BCUT2D eigenvalue weighted by atomic mass is 9.61. The summed E-state index contributed by atoms with van der Waals surface area (Å²) in [7, 11) is 0. The first-order chi connectivity index (χ1) is 10.9. The molecule has 1 aromatic rings. The number of aliphatic carboxylic acids is 1. The van der Waals surface area contributed by atoms with Crippen LogP contribution in [0.4, 0.5) is 10.2 Å². The molecule has 0 aromatic carbocycles. The Bertz CT molecular complexity index is 662. The van der Waals surface area contributed by atoms with E-state index in [9.17, 15) is 19.1 Å². The highest BCUT2D eigenvalue weighted by Crippen LogP contribution is 2.46. The first kappa shape index (κ1) is 16.3. The molecular formula is C15H17BrFN3O3. The largest absolute Gasteiger partial charge is 0.481 e. The third-order valence-electron chi connectivity index (χ3n) is 4.97. The number of ketones is 1. The number of nitrogens with zero attached hydrogens (tertiary/aromatic N) is 2. The number of rotatable bonds is 4. The summed E-state index contributed by atoms with van der Waals surface area (Å²) in [5.74, 6) is -2.58. The summed E-state index contributed by atoms with van der Waals surface area (Å²) >= 11 is 3.07. The number of carboxylic acid groups (broad SMARTS) is 1. The number of nitrogens with one attached hydrogen (secondary N) is 1. The van der Waals surface area contributed by atoms with Crippen molar-refractivity contribution in [3.63, 3.8) is 0 Å². The van der Waals surface area contributed by atoms with E-state index in [-0.39, 0.29) is 34.1 Å². The van der Waals surface area contributed by atoms with Crippen molar-refractivity contribution < 1.29 is 19.1 Å². The van der Waals surface area contributed by atoms with Gasteiger partial charge in [0.25, 0.3) is 0 Å². The third kappa shape index (κ3) is 2.96. The molecule has 3 aliphatic rings. The van der Waals surface area contributed by atoms with Crippen LogP contribution in [-0.2, 0) is 4.79 Å². The third-order valence-corrected chi connectivity index (χ3v) is 5.32. The van der Waals surface area contributed by atoms with E-state index in [1.54, 1.807) is 0 Å². The highest BCUT2D eigenvalue weighted by molar-refractivity contribution is 9.10. The van der Waals surface area contributed by atoms with Gasteiger partial charge in [0.2, 0.25) is 0 Å². The summed E-state index contributed by atoms with van der Waals surface area (Å²) in [5, 5.41) is 12.5. The molecule has 2 bridgehead atoms. The molecule has 3 fully saturated rings. The molecule has 0 aliphatic heterocycles. The van der Waals surface area contributed by atoms with Gasteiger partial charge in [-0.1, -0.05) is 0 Å². The summed E-state index contributed by atoms with van der Waals surface area (Å²) in [4.78, 5) is 30.8. The Morgan fingerprint density at radius 1 is 1.22 bits per heavy atom. The predicted octanol–water partition coefficient (Wildman–Crippen LogP) is 2.88. The minimum Gasteiger partial charge on any atom is -0.481 e. The average Bonchev–Trinajstić information content (AvgIpc) is 2.51. The second-order valence-corrected chi connectivity index (χ2v) is 6.98. The lowest BCUT2D eigenvalue weighted by Crippen LogP contribution is -2.51. The molecule has 0 amide bonds. The molecule has 0 radical (unpaired) electrons. The van der Waals surface area contributed by atoms with Crippen LogP contribution in [0.25, 0.3) is 0 Å². The lowest BCUT2D eigenvalue weighted by Gasteiger charge is -2.47. The molecule has 2 N–H and O–H groups in total. The zero-order valence-electron chi connectivity index (χ0n) is 12.6. The summed E-state index contributed by atoms with van der Waals surface area (Å²) < 4.78 is 14.5. The van der Waals surface area contributed by atoms with Gasteiger partial charge in [0.15, 0.2) is 22.2 Å². The van der Waals surface area contributed by atoms with Crippen molar-refractivity contribution in [2.75, 3.05) is 5.32 Å². The van der Waals surface area contributed by atoms with Crippen LogP contribution in [0.15, 0.2) is 4.73 Å². The number of fused-ring (bicyclic) bond motifs is 3. The van der Waals surface area contributed by atoms with E-state index in [4.69, 9.17) is 0 Å². The number of anilines is 1. The first-order valence-electron chi connectivity index (χ1n) is 7.61. The van der Waals surface area contributed by atoms with Gasteiger partial charge in [-0.05, 0) is 53.4 Å². The van der Waals surface area contributed by atoms with Crippen LogP contribution in [0.5, 0.6) is 0 Å². The van der Waals surface area contributed by atoms with Crippen molar-refractivity contribution in [1.29, 1.82) is 0 Å². The van der Waals surface area contributed by atoms with Gasteiger partial charge in [-0.2, -0.15) is 0 Å². The van der Waals surface area contributed by atoms with Gasteiger partial charge < -0.3 is 10.4 Å². The summed E-state index contributed by atoms with van der Waals surface area (Å²) in [5.41, 5.74) is -0.304. The molecule has 8 heteroatoms. The average molecular weight is 386 g/mol. The van der Waals surface area contributed by atoms with Gasteiger partial charge in [0, 0.05) is 13.0 Å². The molecule has 4 rings (SSSR count). The van der Waals surface area contributed by atoms with Gasteiger partial charge in [-0.25, -0.2) is 14.4 Å². The Morgan fingerprint density at radius 3 is 2.39 bits per heavy atom. The minimum absolute atomic E-state index is 0.0967. The zero-order chi connectivity index (χ0) is 16.7. The van der Waals surface area contributed by atoms with Crippen LogP contribution < -0.4 is 5.32 Å². The zero-order valence-corrected chi connectivity index (χ0v) is 14.1. The van der Waals surface area contributed by atoms with Crippen molar-refractivity contribution in [3.05, 3.63) is 16.2 Å². The summed E-state index contributed by atoms with van der Waals surface area (Å²) in [6.07, 6.45) is 3.65. The summed E-state index contributed by atoms with van der Waals surface area (Å²) in [6.45, 7) is 1.23. The highest BCUT2D eigenvalue weighted by Gasteiger charge is 2.47. The Kier molecular flexibility index (Phi) is 4.35. The molecule has 2 unspecified atom stereocenters. The fourth-order valence-electron chi connectivity index (χ4n) is 3.92. The lowest BCUT2D eigenvalue weighted by molar-refractivity contribution is -0.148. The van der Waals surface area contributed by atoms with Crippen molar-refractivity contribution in [2.45, 2.75) is 38.6 Å². The Hall–Kier alpha value is -1.57. The number of halogens is 2. The van der Waals surface area contributed by atoms with Crippen molar-refractivity contribution in [2.24, 2.45) is 17.8 Å². The Morgan fingerprint density at radius 2 is 1.83 bits per heavy atom. The van der Waals surface area contributed by atoms with Gasteiger partial charge in [-0.3, -0.25) is 9.59 Å². The van der Waals surface area contributed by atoms with E-state index in [0.29, 0.717) is 0 Å². The number of hydrogen-bond donors (Lipinski definition) is 2. The van der Waals surface area contributed by atoms with Crippen LogP contribution in [0.2, 0.25) is 0 Å². The molecule has 0 spiro atoms. The fourth-order valence-corrected chi connectivity index (χ4v) is 4.27. The molecule has 3 saturated carbocycles. The van der Waals surface area contributed by atoms with Crippen LogP contribution >= 0.6 is 15.9 Å². The predicted molar refractivity (Wildman–Crippen MR) is 83.7 cm³/mol. The van der Waals surface area contributed by atoms with E-state index in [1.807, 2.05) is 0 Å². The summed E-state index contributed by atoms with van der Waals surface area (Å²) in [6, 6.07) is -0.379. The van der Waals surface area contributed by atoms with Crippen molar-refractivity contribution >= 4 is 33.5 Å². The second-order valence-electron chi connectivity index (χ2n) is 6.27. The topological polar surface area (TPSA) is 92.2 Å². The minimum atomic E-state index is -0.864. The number of hydrogen-bond acceptors (Lipinski definition) is 5. The molecule has 23 heavy (non-hydrogen) atoms. The Labute approximate surface area is 141 Å². The Balaban J connectivity index is 1.94. The van der Waals surface area contributed by atoms with E-state index < -0.39 is 23.5 Å². The molecule has 6 nitrogen and oxygen atoms in total. The quantitative estimate of drug-likeness (QED) is 0.611. The van der Waals surface area contributed by atoms with Crippen LogP contribution in [-0.4, -0.2) is 32.9 Å². The standard InChI is InChI=1S/C15H17BrFN3O3/c1-6(21)11-10(17)13(20-15(16)19-11)18-12-8-4-2-7(3-5-8)9(12)14(22)23/h7-9,12H,2-5H2,1H3,(H,22,23)(H,18,19,20). The molecule has 3 aliphatic carbocycles. The molecule has 1 heterocycles. The van der Waals surface area contributed by atoms with E-state index in [2.05, 4.69) is 31.2 Å². The van der Waals surface area contributed by atoms with Crippen LogP contribution in [0.3, 0.4) is 0 Å². The van der Waals surface area contributed by atoms with Crippen LogP contribution in [0, 0.1) is 23.6 Å². The van der Waals surface area contributed by atoms with E-state index in [1.165, 1.54) is 6.92 Å². The highest BCUT2D eigenvalue weighted by atomic mass is 79.9. The number of carbonyl (C=O) groups is 2. The maximum Gasteiger partial charge on any atom is 0.308 e.